The molecule has 0 aliphatic carbocycles. The fourth-order valence-corrected chi connectivity index (χ4v) is 4.02. The predicted octanol–water partition coefficient (Wildman–Crippen LogP) is 3.27. The van der Waals surface area contributed by atoms with E-state index in [-0.39, 0.29) is 18.6 Å². The zero-order valence-electron chi connectivity index (χ0n) is 16.0. The van der Waals surface area contributed by atoms with Crippen LogP contribution in [0.5, 0.6) is 0 Å². The average molecular weight is 441 g/mol. The molecule has 1 amide bonds. The van der Waals surface area contributed by atoms with Crippen LogP contribution in [0, 0.1) is 6.92 Å². The third kappa shape index (κ3) is 3.92. The highest BCUT2D eigenvalue weighted by molar-refractivity contribution is 7.09. The van der Waals surface area contributed by atoms with Crippen molar-refractivity contribution in [3.63, 3.8) is 0 Å². The fourth-order valence-electron chi connectivity index (χ4n) is 3.16. The molecule has 30 heavy (non-hydrogen) atoms. The van der Waals surface area contributed by atoms with Crippen LogP contribution in [0.25, 0.3) is 11.0 Å². The smallest absolute Gasteiger partial charge is 0.324 e. The van der Waals surface area contributed by atoms with Crippen LogP contribution in [0.4, 0.5) is 5.69 Å². The summed E-state index contributed by atoms with van der Waals surface area (Å²) in [5.41, 5.74) is 0.815. The molecule has 0 aliphatic rings. The molecule has 3 heterocycles. The first kappa shape index (κ1) is 20.1. The summed E-state index contributed by atoms with van der Waals surface area (Å²) in [7, 11) is 0. The summed E-state index contributed by atoms with van der Waals surface area (Å²) in [5, 5.41) is 5.15. The van der Waals surface area contributed by atoms with Gasteiger partial charge in [-0.1, -0.05) is 23.7 Å². The third-order valence-electron chi connectivity index (χ3n) is 4.66. The van der Waals surface area contributed by atoms with Crippen molar-refractivity contribution < 1.29 is 4.79 Å². The normalized spacial score (nSPS) is 11.0. The summed E-state index contributed by atoms with van der Waals surface area (Å²) in [6.45, 7) is 1.70. The summed E-state index contributed by atoms with van der Waals surface area (Å²) >= 11 is 7.46. The van der Waals surface area contributed by atoms with Crippen molar-refractivity contribution >= 4 is 45.6 Å². The van der Waals surface area contributed by atoms with Crippen LogP contribution >= 0.6 is 22.9 Å². The number of nitrogens with zero attached hydrogens (tertiary/aromatic N) is 3. The summed E-state index contributed by atoms with van der Waals surface area (Å²) in [6, 6.07) is 12.1. The molecule has 1 N–H and O–H groups in total. The number of pyridine rings is 1. The molecule has 0 saturated heterocycles. The summed E-state index contributed by atoms with van der Waals surface area (Å²) in [5.74, 6) is -0.408. The Morgan fingerprint density at radius 2 is 2.00 bits per heavy atom. The van der Waals surface area contributed by atoms with Crippen molar-refractivity contribution in [2.75, 3.05) is 5.32 Å². The Hall–Kier alpha value is -3.23. The SMILES string of the molecule is Cc1ccc(Cl)cc1NC(=O)Cn1c(=O)n(Cc2cccs2)c(=O)c2ncccc21. The monoisotopic (exact) mass is 440 g/mol. The molecular formula is C21H17ClN4O3S. The maximum atomic E-state index is 13.1. The number of nitrogens with one attached hydrogen (secondary N) is 1. The van der Waals surface area contributed by atoms with Gasteiger partial charge in [-0.2, -0.15) is 0 Å². The molecule has 9 heteroatoms. The molecule has 152 valence electrons. The first-order valence-corrected chi connectivity index (χ1v) is 10.4. The quantitative estimate of drug-likeness (QED) is 0.516. The van der Waals surface area contributed by atoms with E-state index >= 15 is 0 Å². The van der Waals surface area contributed by atoms with Gasteiger partial charge >= 0.3 is 5.69 Å². The molecule has 0 spiro atoms. The van der Waals surface area contributed by atoms with Crippen molar-refractivity contribution in [1.29, 1.82) is 0 Å². The lowest BCUT2D eigenvalue weighted by Crippen LogP contribution is -2.42. The number of carbonyl (C=O) groups is 1. The second-order valence-electron chi connectivity index (χ2n) is 6.72. The van der Waals surface area contributed by atoms with E-state index in [1.807, 2.05) is 24.4 Å². The van der Waals surface area contributed by atoms with Gasteiger partial charge in [-0.05, 0) is 48.2 Å². The summed E-state index contributed by atoms with van der Waals surface area (Å²) in [4.78, 5) is 43.7. The first-order chi connectivity index (χ1) is 14.4. The van der Waals surface area contributed by atoms with Crippen LogP contribution in [0.2, 0.25) is 5.02 Å². The van der Waals surface area contributed by atoms with Gasteiger partial charge in [0.15, 0.2) is 5.52 Å². The Kier molecular flexibility index (Phi) is 5.52. The van der Waals surface area contributed by atoms with Crippen molar-refractivity contribution in [3.8, 4) is 0 Å². The Bertz CT molecular complexity index is 1360. The van der Waals surface area contributed by atoms with Gasteiger partial charge in [0.25, 0.3) is 5.56 Å². The number of halogens is 1. The molecule has 0 radical (unpaired) electrons. The lowest BCUT2D eigenvalue weighted by atomic mass is 10.2. The molecule has 0 atom stereocenters. The molecule has 0 aliphatic heterocycles. The Balaban J connectivity index is 1.76. The number of fused-ring (bicyclic) bond motifs is 1. The first-order valence-electron chi connectivity index (χ1n) is 9.11. The highest BCUT2D eigenvalue weighted by Crippen LogP contribution is 2.20. The van der Waals surface area contributed by atoms with E-state index in [2.05, 4.69) is 10.3 Å². The van der Waals surface area contributed by atoms with E-state index in [1.165, 1.54) is 22.1 Å². The molecule has 0 unspecified atom stereocenters. The van der Waals surface area contributed by atoms with Gasteiger partial charge in [0.2, 0.25) is 5.91 Å². The number of anilines is 1. The Morgan fingerprint density at radius 1 is 1.17 bits per heavy atom. The van der Waals surface area contributed by atoms with Gasteiger partial charge in [0.05, 0.1) is 12.1 Å². The average Bonchev–Trinajstić information content (AvgIpc) is 3.24. The number of carbonyl (C=O) groups excluding carboxylic acids is 1. The highest BCUT2D eigenvalue weighted by Gasteiger charge is 2.17. The number of rotatable bonds is 5. The van der Waals surface area contributed by atoms with Crippen molar-refractivity contribution in [2.45, 2.75) is 20.0 Å². The number of aromatic nitrogens is 3. The molecule has 0 bridgehead atoms. The van der Waals surface area contributed by atoms with Crippen molar-refractivity contribution in [2.24, 2.45) is 0 Å². The molecule has 4 rings (SSSR count). The van der Waals surface area contributed by atoms with Crippen LogP contribution in [0.3, 0.4) is 0 Å². The van der Waals surface area contributed by atoms with E-state index < -0.39 is 17.2 Å². The number of thiophene rings is 1. The van der Waals surface area contributed by atoms with Crippen LogP contribution in [-0.4, -0.2) is 20.0 Å². The topological polar surface area (TPSA) is 86.0 Å². The van der Waals surface area contributed by atoms with E-state index in [4.69, 9.17) is 11.6 Å². The van der Waals surface area contributed by atoms with Gasteiger partial charge in [0, 0.05) is 21.8 Å². The zero-order chi connectivity index (χ0) is 21.3. The maximum Gasteiger partial charge on any atom is 0.332 e. The number of benzene rings is 1. The largest absolute Gasteiger partial charge is 0.332 e. The lowest BCUT2D eigenvalue weighted by molar-refractivity contribution is -0.116. The zero-order valence-corrected chi connectivity index (χ0v) is 17.5. The fraction of sp³-hybridized carbons (Fsp3) is 0.143. The molecule has 4 aromatic rings. The molecule has 7 nitrogen and oxygen atoms in total. The summed E-state index contributed by atoms with van der Waals surface area (Å²) < 4.78 is 2.38. The lowest BCUT2D eigenvalue weighted by Gasteiger charge is -2.14. The minimum absolute atomic E-state index is 0.122. The number of hydrogen-bond donors (Lipinski definition) is 1. The van der Waals surface area contributed by atoms with Crippen LogP contribution < -0.4 is 16.6 Å². The van der Waals surface area contributed by atoms with Crippen molar-refractivity contribution in [3.05, 3.63) is 90.3 Å². The van der Waals surface area contributed by atoms with Gasteiger partial charge in [-0.25, -0.2) is 9.78 Å². The van der Waals surface area contributed by atoms with E-state index in [9.17, 15) is 14.4 Å². The molecule has 1 aromatic carbocycles. The maximum absolute atomic E-state index is 13.1. The van der Waals surface area contributed by atoms with Crippen LogP contribution in [0.1, 0.15) is 10.4 Å². The van der Waals surface area contributed by atoms with Crippen LogP contribution in [0.15, 0.2) is 63.6 Å². The standard InChI is InChI=1S/C21H17ClN4O3S/c1-13-6-7-14(22)10-16(13)24-18(27)12-25-17-5-2-8-23-19(17)20(28)26(21(25)29)11-15-4-3-9-30-15/h2-10H,11-12H2,1H3,(H,24,27). The van der Waals surface area contributed by atoms with E-state index in [1.54, 1.807) is 30.3 Å². The molecule has 3 aromatic heterocycles. The second-order valence-corrected chi connectivity index (χ2v) is 8.19. The number of hydrogen-bond acceptors (Lipinski definition) is 5. The molecule has 0 saturated carbocycles. The van der Waals surface area contributed by atoms with Crippen molar-refractivity contribution in [1.82, 2.24) is 14.1 Å². The van der Waals surface area contributed by atoms with Gasteiger partial charge in [-0.3, -0.25) is 18.7 Å². The minimum Gasteiger partial charge on any atom is -0.324 e. The molecular weight excluding hydrogens is 424 g/mol. The Labute approximate surface area is 180 Å². The predicted molar refractivity (Wildman–Crippen MR) is 119 cm³/mol. The van der Waals surface area contributed by atoms with E-state index in [0.29, 0.717) is 16.2 Å². The van der Waals surface area contributed by atoms with Gasteiger partial charge < -0.3 is 5.32 Å². The molecule has 0 fully saturated rings. The summed E-state index contributed by atoms with van der Waals surface area (Å²) in [6.07, 6.45) is 1.49. The second kappa shape index (κ2) is 8.25. The van der Waals surface area contributed by atoms with Gasteiger partial charge in [-0.15, -0.1) is 11.3 Å². The number of aryl methyl sites for hydroxylation is 1. The highest BCUT2D eigenvalue weighted by atomic mass is 35.5. The number of amides is 1. The van der Waals surface area contributed by atoms with E-state index in [0.717, 1.165) is 15.0 Å². The minimum atomic E-state index is -0.563. The van der Waals surface area contributed by atoms with Crippen LogP contribution in [-0.2, 0) is 17.9 Å². The Morgan fingerprint density at radius 3 is 2.77 bits per heavy atom. The third-order valence-corrected chi connectivity index (χ3v) is 5.75. The van der Waals surface area contributed by atoms with Gasteiger partial charge in [0.1, 0.15) is 6.54 Å².